The number of para-hydroxylation sites is 1. The molecule has 0 unspecified atom stereocenters. The first-order valence-electron chi connectivity index (χ1n) is 8.35. The second-order valence-electron chi connectivity index (χ2n) is 6.46. The number of hydrogen-bond acceptors (Lipinski definition) is 4. The zero-order valence-electron chi connectivity index (χ0n) is 14.5. The van der Waals surface area contributed by atoms with E-state index in [0.717, 1.165) is 5.39 Å². The smallest absolute Gasteiger partial charge is 0.252 e. The number of fused-ring (bicyclic) bond motifs is 2. The lowest BCUT2D eigenvalue weighted by Crippen LogP contribution is -2.27. The Morgan fingerprint density at radius 2 is 1.89 bits per heavy atom. The Morgan fingerprint density at radius 1 is 1.11 bits per heavy atom. The SMILES string of the molecule is CN1C(=O)Cc2cc(S(=O)(=O)NCc3cc4ccccc4[nH]c3=O)ccc21. The van der Waals surface area contributed by atoms with Gasteiger partial charge in [-0.3, -0.25) is 9.59 Å². The van der Waals surface area contributed by atoms with Crippen LogP contribution in [-0.2, 0) is 27.8 Å². The van der Waals surface area contributed by atoms with Gasteiger partial charge in [-0.1, -0.05) is 18.2 Å². The third kappa shape index (κ3) is 3.13. The van der Waals surface area contributed by atoms with Crippen LogP contribution in [0.3, 0.4) is 0 Å². The quantitative estimate of drug-likeness (QED) is 0.714. The highest BCUT2D eigenvalue weighted by Crippen LogP contribution is 2.29. The number of carbonyl (C=O) groups is 1. The molecule has 2 N–H and O–H groups in total. The summed E-state index contributed by atoms with van der Waals surface area (Å²) in [6, 6.07) is 13.5. The van der Waals surface area contributed by atoms with Crippen LogP contribution in [0, 0.1) is 0 Å². The van der Waals surface area contributed by atoms with Crippen LogP contribution in [0.15, 0.2) is 58.2 Å². The Balaban J connectivity index is 1.60. The Kier molecular flexibility index (Phi) is 4.09. The molecule has 2 aromatic carbocycles. The van der Waals surface area contributed by atoms with Crippen LogP contribution >= 0.6 is 0 Å². The van der Waals surface area contributed by atoms with Crippen LogP contribution < -0.4 is 15.2 Å². The highest BCUT2D eigenvalue weighted by molar-refractivity contribution is 7.89. The van der Waals surface area contributed by atoms with E-state index in [1.54, 1.807) is 25.2 Å². The van der Waals surface area contributed by atoms with E-state index >= 15 is 0 Å². The summed E-state index contributed by atoms with van der Waals surface area (Å²) >= 11 is 0. The topological polar surface area (TPSA) is 99.3 Å². The molecule has 7 nitrogen and oxygen atoms in total. The number of rotatable bonds is 4. The summed E-state index contributed by atoms with van der Waals surface area (Å²) in [4.78, 5) is 28.3. The summed E-state index contributed by atoms with van der Waals surface area (Å²) in [5, 5.41) is 0.824. The summed E-state index contributed by atoms with van der Waals surface area (Å²) in [5.74, 6) is -0.0739. The molecule has 2 heterocycles. The number of carbonyl (C=O) groups excluding carboxylic acids is 1. The van der Waals surface area contributed by atoms with Crippen molar-refractivity contribution in [3.8, 4) is 0 Å². The molecule has 0 bridgehead atoms. The molecule has 0 fully saturated rings. The molecule has 4 rings (SSSR count). The maximum absolute atomic E-state index is 12.6. The van der Waals surface area contributed by atoms with Gasteiger partial charge in [0.05, 0.1) is 11.3 Å². The number of pyridine rings is 1. The molecule has 0 radical (unpaired) electrons. The van der Waals surface area contributed by atoms with Gasteiger partial charge >= 0.3 is 0 Å². The van der Waals surface area contributed by atoms with Crippen molar-refractivity contribution >= 4 is 32.5 Å². The number of hydrogen-bond donors (Lipinski definition) is 2. The van der Waals surface area contributed by atoms with Crippen LogP contribution in [0.2, 0.25) is 0 Å². The van der Waals surface area contributed by atoms with Gasteiger partial charge in [0.1, 0.15) is 0 Å². The van der Waals surface area contributed by atoms with Crippen LogP contribution in [0.4, 0.5) is 5.69 Å². The van der Waals surface area contributed by atoms with Gasteiger partial charge in [0.15, 0.2) is 0 Å². The number of H-pyrrole nitrogens is 1. The average Bonchev–Trinajstić information content (AvgIpc) is 2.93. The fourth-order valence-corrected chi connectivity index (χ4v) is 4.25. The molecule has 3 aromatic rings. The Labute approximate surface area is 155 Å². The van der Waals surface area contributed by atoms with Crippen molar-refractivity contribution < 1.29 is 13.2 Å². The van der Waals surface area contributed by atoms with Gasteiger partial charge in [-0.25, -0.2) is 13.1 Å². The highest BCUT2D eigenvalue weighted by Gasteiger charge is 2.26. The minimum absolute atomic E-state index is 0.0709. The molecule has 0 spiro atoms. The van der Waals surface area contributed by atoms with Crippen molar-refractivity contribution in [2.75, 3.05) is 11.9 Å². The molecule has 27 heavy (non-hydrogen) atoms. The van der Waals surface area contributed by atoms with Crippen LogP contribution in [0.5, 0.6) is 0 Å². The van der Waals surface area contributed by atoms with Crippen molar-refractivity contribution in [3.05, 3.63) is 70.0 Å². The molecule has 1 amide bonds. The van der Waals surface area contributed by atoms with Gasteiger partial charge in [0.2, 0.25) is 15.9 Å². The van der Waals surface area contributed by atoms with E-state index in [1.807, 2.05) is 18.2 Å². The first kappa shape index (κ1) is 17.4. The third-order valence-corrected chi connectivity index (χ3v) is 6.12. The number of likely N-dealkylation sites (N-methyl/N-ethyl adjacent to an activating group) is 1. The minimum Gasteiger partial charge on any atom is -0.322 e. The van der Waals surface area contributed by atoms with E-state index in [2.05, 4.69) is 9.71 Å². The molecular formula is C19H17N3O4S. The second-order valence-corrected chi connectivity index (χ2v) is 8.22. The molecule has 1 aliphatic rings. The number of benzene rings is 2. The monoisotopic (exact) mass is 383 g/mol. The molecule has 8 heteroatoms. The van der Waals surface area contributed by atoms with Crippen LogP contribution in [0.1, 0.15) is 11.1 Å². The van der Waals surface area contributed by atoms with E-state index in [1.165, 1.54) is 17.0 Å². The number of nitrogens with zero attached hydrogens (tertiary/aromatic N) is 1. The largest absolute Gasteiger partial charge is 0.322 e. The predicted molar refractivity (Wildman–Crippen MR) is 102 cm³/mol. The molecule has 0 saturated carbocycles. The lowest BCUT2D eigenvalue weighted by molar-refractivity contribution is -0.117. The molecule has 1 aromatic heterocycles. The van der Waals surface area contributed by atoms with Gasteiger partial charge in [0, 0.05) is 30.4 Å². The van der Waals surface area contributed by atoms with E-state index < -0.39 is 10.0 Å². The lowest BCUT2D eigenvalue weighted by atomic mass is 10.1. The molecule has 0 saturated heterocycles. The van der Waals surface area contributed by atoms with Gasteiger partial charge in [0.25, 0.3) is 5.56 Å². The van der Waals surface area contributed by atoms with Crippen LogP contribution in [-0.4, -0.2) is 26.4 Å². The first-order chi connectivity index (χ1) is 12.8. The third-order valence-electron chi connectivity index (χ3n) is 4.72. The number of nitrogens with one attached hydrogen (secondary N) is 2. The van der Waals surface area contributed by atoms with E-state index in [-0.39, 0.29) is 29.3 Å². The summed E-state index contributed by atoms with van der Waals surface area (Å²) in [5.41, 5.74) is 2.08. The number of amides is 1. The summed E-state index contributed by atoms with van der Waals surface area (Å²) in [6.07, 6.45) is 0.180. The number of sulfonamides is 1. The summed E-state index contributed by atoms with van der Waals surface area (Å²) < 4.78 is 27.7. The molecule has 0 atom stereocenters. The zero-order chi connectivity index (χ0) is 19.2. The fourth-order valence-electron chi connectivity index (χ4n) is 3.19. The molecule has 138 valence electrons. The van der Waals surface area contributed by atoms with Crippen molar-refractivity contribution in [1.29, 1.82) is 0 Å². The standard InChI is InChI=1S/C19H17N3O4S/c1-22-17-7-6-15(9-13(17)10-18(22)23)27(25,26)20-11-14-8-12-4-2-3-5-16(12)21-19(14)24/h2-9,20H,10-11H2,1H3,(H,21,24). The van der Waals surface area contributed by atoms with Crippen molar-refractivity contribution in [2.45, 2.75) is 17.9 Å². The Bertz CT molecular complexity index is 1230. The minimum atomic E-state index is -3.82. The van der Waals surface area contributed by atoms with Gasteiger partial charge in [-0.15, -0.1) is 0 Å². The summed E-state index contributed by atoms with van der Waals surface area (Å²) in [6.45, 7) is -0.127. The molecular weight excluding hydrogens is 366 g/mol. The van der Waals surface area contributed by atoms with Gasteiger partial charge in [-0.05, 0) is 41.3 Å². The van der Waals surface area contributed by atoms with Gasteiger partial charge < -0.3 is 9.88 Å². The first-order valence-corrected chi connectivity index (χ1v) is 9.83. The number of anilines is 1. The normalized spacial score (nSPS) is 14.0. The maximum Gasteiger partial charge on any atom is 0.252 e. The lowest BCUT2D eigenvalue weighted by Gasteiger charge is -2.11. The number of aromatic nitrogens is 1. The predicted octanol–water partition coefficient (Wildman–Crippen LogP) is 1.53. The maximum atomic E-state index is 12.6. The molecule has 1 aliphatic heterocycles. The van der Waals surface area contributed by atoms with Crippen LogP contribution in [0.25, 0.3) is 10.9 Å². The zero-order valence-corrected chi connectivity index (χ0v) is 15.3. The number of aromatic amines is 1. The van der Waals surface area contributed by atoms with Crippen molar-refractivity contribution in [1.82, 2.24) is 9.71 Å². The van der Waals surface area contributed by atoms with Crippen molar-refractivity contribution in [3.63, 3.8) is 0 Å². The van der Waals surface area contributed by atoms with E-state index in [4.69, 9.17) is 0 Å². The fraction of sp³-hybridized carbons (Fsp3) is 0.158. The van der Waals surface area contributed by atoms with E-state index in [9.17, 15) is 18.0 Å². The second kappa shape index (κ2) is 6.33. The Morgan fingerprint density at radius 3 is 2.70 bits per heavy atom. The Hall–Kier alpha value is -2.97. The highest BCUT2D eigenvalue weighted by atomic mass is 32.2. The van der Waals surface area contributed by atoms with Crippen molar-refractivity contribution in [2.24, 2.45) is 0 Å². The van der Waals surface area contributed by atoms with E-state index in [0.29, 0.717) is 22.3 Å². The van der Waals surface area contributed by atoms with Gasteiger partial charge in [-0.2, -0.15) is 0 Å². The molecule has 0 aliphatic carbocycles. The summed E-state index contributed by atoms with van der Waals surface area (Å²) in [7, 11) is -2.16. The average molecular weight is 383 g/mol.